The van der Waals surface area contributed by atoms with Crippen LogP contribution in [0.3, 0.4) is 0 Å². The molecule has 1 saturated heterocycles. The first kappa shape index (κ1) is 15.7. The van der Waals surface area contributed by atoms with Gasteiger partial charge in [-0.15, -0.1) is 0 Å². The lowest BCUT2D eigenvalue weighted by molar-refractivity contribution is 0.0896. The molecule has 19 heavy (non-hydrogen) atoms. The van der Waals surface area contributed by atoms with E-state index in [1.807, 2.05) is 0 Å². The van der Waals surface area contributed by atoms with Crippen LogP contribution in [-0.4, -0.2) is 49.1 Å². The maximum Gasteiger partial charge on any atom is 0.0172 e. The molecule has 0 aromatic rings. The van der Waals surface area contributed by atoms with E-state index in [0.717, 1.165) is 11.2 Å². The zero-order chi connectivity index (χ0) is 13.7. The summed E-state index contributed by atoms with van der Waals surface area (Å²) in [6.45, 7) is 9.93. The van der Waals surface area contributed by atoms with Crippen LogP contribution in [0.15, 0.2) is 0 Å². The average Bonchev–Trinajstić information content (AvgIpc) is 2.43. The monoisotopic (exact) mass is 284 g/mol. The SMILES string of the molecule is CCC1CN(CC2(CNC)CCC(C)CC2)CCS1. The highest BCUT2D eigenvalue weighted by Gasteiger charge is 2.36. The second-order valence-corrected chi connectivity index (χ2v) is 8.26. The second-order valence-electron chi connectivity index (χ2n) is 6.85. The van der Waals surface area contributed by atoms with E-state index in [2.05, 4.69) is 42.9 Å². The number of hydrogen-bond acceptors (Lipinski definition) is 3. The van der Waals surface area contributed by atoms with E-state index in [1.165, 1.54) is 64.0 Å². The van der Waals surface area contributed by atoms with Gasteiger partial charge in [-0.25, -0.2) is 0 Å². The molecule has 1 aliphatic heterocycles. The van der Waals surface area contributed by atoms with Crippen LogP contribution < -0.4 is 5.32 Å². The lowest BCUT2D eigenvalue weighted by atomic mass is 9.70. The summed E-state index contributed by atoms with van der Waals surface area (Å²) < 4.78 is 0. The molecule has 1 unspecified atom stereocenters. The zero-order valence-corrected chi connectivity index (χ0v) is 13.9. The Morgan fingerprint density at radius 3 is 2.68 bits per heavy atom. The topological polar surface area (TPSA) is 15.3 Å². The number of hydrogen-bond donors (Lipinski definition) is 1. The molecule has 0 radical (unpaired) electrons. The molecule has 112 valence electrons. The summed E-state index contributed by atoms with van der Waals surface area (Å²) in [5.41, 5.74) is 0.557. The molecule has 1 atom stereocenters. The lowest BCUT2D eigenvalue weighted by Crippen LogP contribution is -2.49. The molecular weight excluding hydrogens is 252 g/mol. The van der Waals surface area contributed by atoms with Gasteiger partial charge in [-0.05, 0) is 37.6 Å². The summed E-state index contributed by atoms with van der Waals surface area (Å²) in [7, 11) is 2.13. The number of nitrogens with zero attached hydrogens (tertiary/aromatic N) is 1. The van der Waals surface area contributed by atoms with Gasteiger partial charge in [0.2, 0.25) is 0 Å². The molecule has 0 aromatic heterocycles. The number of rotatable bonds is 5. The fraction of sp³-hybridized carbons (Fsp3) is 1.00. The van der Waals surface area contributed by atoms with Crippen LogP contribution in [-0.2, 0) is 0 Å². The molecule has 0 bridgehead atoms. The molecular formula is C16H32N2S. The first-order chi connectivity index (χ1) is 9.17. The van der Waals surface area contributed by atoms with E-state index in [0.29, 0.717) is 5.41 Å². The smallest absolute Gasteiger partial charge is 0.0172 e. The summed E-state index contributed by atoms with van der Waals surface area (Å²) in [5, 5.41) is 4.35. The van der Waals surface area contributed by atoms with Gasteiger partial charge in [0.25, 0.3) is 0 Å². The molecule has 2 rings (SSSR count). The molecule has 1 heterocycles. The highest BCUT2D eigenvalue weighted by atomic mass is 32.2. The average molecular weight is 285 g/mol. The minimum Gasteiger partial charge on any atom is -0.319 e. The van der Waals surface area contributed by atoms with Gasteiger partial charge in [-0.2, -0.15) is 11.8 Å². The molecule has 2 aliphatic rings. The van der Waals surface area contributed by atoms with E-state index in [9.17, 15) is 0 Å². The standard InChI is InChI=1S/C16H32N2S/c1-4-15-11-18(9-10-19-15)13-16(12-17-3)7-5-14(2)6-8-16/h14-15,17H,4-13H2,1-3H3. The van der Waals surface area contributed by atoms with E-state index in [4.69, 9.17) is 0 Å². The van der Waals surface area contributed by atoms with E-state index in [1.54, 1.807) is 0 Å². The van der Waals surface area contributed by atoms with Crippen molar-refractivity contribution in [3.63, 3.8) is 0 Å². The number of nitrogens with one attached hydrogen (secondary N) is 1. The molecule has 1 N–H and O–H groups in total. The van der Waals surface area contributed by atoms with E-state index >= 15 is 0 Å². The minimum atomic E-state index is 0.557. The van der Waals surface area contributed by atoms with Crippen LogP contribution in [0.1, 0.15) is 46.0 Å². The van der Waals surface area contributed by atoms with Crippen molar-refractivity contribution in [1.29, 1.82) is 0 Å². The van der Waals surface area contributed by atoms with Gasteiger partial charge in [-0.3, -0.25) is 0 Å². The van der Waals surface area contributed by atoms with Crippen molar-refractivity contribution in [2.45, 2.75) is 51.2 Å². The predicted molar refractivity (Wildman–Crippen MR) is 87.0 cm³/mol. The van der Waals surface area contributed by atoms with Gasteiger partial charge in [0.1, 0.15) is 0 Å². The van der Waals surface area contributed by atoms with Crippen LogP contribution in [0.2, 0.25) is 0 Å². The Morgan fingerprint density at radius 1 is 1.32 bits per heavy atom. The molecule has 1 saturated carbocycles. The van der Waals surface area contributed by atoms with Crippen molar-refractivity contribution in [3.8, 4) is 0 Å². The third-order valence-corrected chi connectivity index (χ3v) is 6.50. The maximum atomic E-state index is 3.48. The predicted octanol–water partition coefficient (Wildman–Crippen LogP) is 3.23. The molecule has 2 fully saturated rings. The fourth-order valence-corrected chi connectivity index (χ4v) is 5.03. The first-order valence-corrected chi connectivity index (χ1v) is 9.21. The van der Waals surface area contributed by atoms with Gasteiger partial charge < -0.3 is 10.2 Å². The van der Waals surface area contributed by atoms with Crippen LogP contribution in [0.4, 0.5) is 0 Å². The quantitative estimate of drug-likeness (QED) is 0.834. The summed E-state index contributed by atoms with van der Waals surface area (Å²) in [6, 6.07) is 0. The largest absolute Gasteiger partial charge is 0.319 e. The van der Waals surface area contributed by atoms with Crippen LogP contribution in [0, 0.1) is 11.3 Å². The van der Waals surface area contributed by atoms with Crippen molar-refractivity contribution in [2.24, 2.45) is 11.3 Å². The van der Waals surface area contributed by atoms with Crippen molar-refractivity contribution in [3.05, 3.63) is 0 Å². The lowest BCUT2D eigenvalue weighted by Gasteiger charge is -2.44. The summed E-state index contributed by atoms with van der Waals surface area (Å²) in [5.74, 6) is 2.29. The van der Waals surface area contributed by atoms with Gasteiger partial charge in [-0.1, -0.05) is 26.7 Å². The van der Waals surface area contributed by atoms with Gasteiger partial charge in [0, 0.05) is 37.2 Å². The van der Waals surface area contributed by atoms with Gasteiger partial charge in [0.15, 0.2) is 0 Å². The molecule has 0 aromatic carbocycles. The highest BCUT2D eigenvalue weighted by Crippen LogP contribution is 2.39. The second kappa shape index (κ2) is 7.33. The Balaban J connectivity index is 1.92. The fourth-order valence-electron chi connectivity index (χ4n) is 3.79. The van der Waals surface area contributed by atoms with Crippen LogP contribution in [0.25, 0.3) is 0 Å². The Bertz CT molecular complexity index is 261. The van der Waals surface area contributed by atoms with E-state index in [-0.39, 0.29) is 0 Å². The third kappa shape index (κ3) is 4.37. The van der Waals surface area contributed by atoms with E-state index < -0.39 is 0 Å². The van der Waals surface area contributed by atoms with Crippen molar-refractivity contribution >= 4 is 11.8 Å². The minimum absolute atomic E-state index is 0.557. The maximum absolute atomic E-state index is 3.48. The highest BCUT2D eigenvalue weighted by molar-refractivity contribution is 8.00. The summed E-state index contributed by atoms with van der Waals surface area (Å²) in [4.78, 5) is 2.76. The Labute approximate surface area is 124 Å². The van der Waals surface area contributed by atoms with Crippen LogP contribution in [0.5, 0.6) is 0 Å². The Kier molecular flexibility index (Phi) is 6.04. The van der Waals surface area contributed by atoms with Crippen LogP contribution >= 0.6 is 11.8 Å². The molecule has 2 nitrogen and oxygen atoms in total. The first-order valence-electron chi connectivity index (χ1n) is 8.16. The van der Waals surface area contributed by atoms with Gasteiger partial charge >= 0.3 is 0 Å². The number of thioether (sulfide) groups is 1. The summed E-state index contributed by atoms with van der Waals surface area (Å²) in [6.07, 6.45) is 7.05. The van der Waals surface area contributed by atoms with Crippen molar-refractivity contribution < 1.29 is 0 Å². The Morgan fingerprint density at radius 2 is 2.05 bits per heavy atom. The zero-order valence-electron chi connectivity index (χ0n) is 13.1. The van der Waals surface area contributed by atoms with Gasteiger partial charge in [0.05, 0.1) is 0 Å². The third-order valence-electron chi connectivity index (χ3n) is 5.12. The van der Waals surface area contributed by atoms with Crippen molar-refractivity contribution in [2.75, 3.05) is 39.0 Å². The molecule has 0 amide bonds. The normalized spacial score (nSPS) is 37.4. The molecule has 3 heteroatoms. The Hall–Kier alpha value is 0.270. The molecule has 0 spiro atoms. The van der Waals surface area contributed by atoms with Crippen molar-refractivity contribution in [1.82, 2.24) is 10.2 Å². The molecule has 1 aliphatic carbocycles. The summed E-state index contributed by atoms with van der Waals surface area (Å²) >= 11 is 2.18.